The quantitative estimate of drug-likeness (QED) is 0.610. The van der Waals surface area contributed by atoms with E-state index in [0.717, 1.165) is 0 Å². The van der Waals surface area contributed by atoms with E-state index in [1.165, 1.54) is 19.1 Å². The van der Waals surface area contributed by atoms with Crippen molar-refractivity contribution in [2.45, 2.75) is 19.6 Å². The SMILES string of the molecule is CC(C#N)Oc1ccc(CN)cc1[N+](=O)[O-]. The molecule has 0 radical (unpaired) electrons. The number of nitriles is 1. The monoisotopic (exact) mass is 221 g/mol. The average Bonchev–Trinajstić information content (AvgIpc) is 2.29. The largest absolute Gasteiger partial charge is 0.469 e. The number of hydrogen-bond acceptors (Lipinski definition) is 5. The van der Waals surface area contributed by atoms with Crippen molar-refractivity contribution in [1.29, 1.82) is 5.26 Å². The third-order valence-corrected chi connectivity index (χ3v) is 1.94. The van der Waals surface area contributed by atoms with Gasteiger partial charge in [0, 0.05) is 12.6 Å². The van der Waals surface area contributed by atoms with Crippen LogP contribution in [0.4, 0.5) is 5.69 Å². The Bertz CT molecular complexity index is 439. The molecule has 0 aliphatic rings. The van der Waals surface area contributed by atoms with Gasteiger partial charge in [0.1, 0.15) is 6.07 Å². The molecule has 1 rings (SSSR count). The fourth-order valence-electron chi connectivity index (χ4n) is 1.15. The molecule has 16 heavy (non-hydrogen) atoms. The molecule has 0 aromatic heterocycles. The molecular formula is C10H11N3O3. The lowest BCUT2D eigenvalue weighted by Crippen LogP contribution is -2.10. The molecule has 0 spiro atoms. The van der Waals surface area contributed by atoms with E-state index in [-0.39, 0.29) is 18.0 Å². The van der Waals surface area contributed by atoms with Gasteiger partial charge in [-0.2, -0.15) is 5.26 Å². The van der Waals surface area contributed by atoms with Crippen molar-refractivity contribution in [3.05, 3.63) is 33.9 Å². The van der Waals surface area contributed by atoms with Crippen molar-refractivity contribution < 1.29 is 9.66 Å². The number of rotatable bonds is 4. The lowest BCUT2D eigenvalue weighted by molar-refractivity contribution is -0.386. The Morgan fingerprint density at radius 2 is 2.38 bits per heavy atom. The van der Waals surface area contributed by atoms with E-state index >= 15 is 0 Å². The van der Waals surface area contributed by atoms with Crippen LogP contribution in [0.2, 0.25) is 0 Å². The smallest absolute Gasteiger partial charge is 0.311 e. The minimum Gasteiger partial charge on any atom is -0.469 e. The summed E-state index contributed by atoms with van der Waals surface area (Å²) < 4.78 is 5.11. The number of ether oxygens (including phenoxy) is 1. The second-order valence-corrected chi connectivity index (χ2v) is 3.15. The van der Waals surface area contributed by atoms with Gasteiger partial charge in [-0.3, -0.25) is 10.1 Å². The first-order valence-electron chi connectivity index (χ1n) is 4.62. The molecular weight excluding hydrogens is 210 g/mol. The maximum Gasteiger partial charge on any atom is 0.311 e. The van der Waals surface area contributed by atoms with E-state index in [4.69, 9.17) is 15.7 Å². The first-order chi connectivity index (χ1) is 7.58. The fraction of sp³-hybridized carbons (Fsp3) is 0.300. The zero-order valence-corrected chi connectivity index (χ0v) is 8.71. The number of nitro benzene ring substituents is 1. The third-order valence-electron chi connectivity index (χ3n) is 1.94. The molecule has 6 nitrogen and oxygen atoms in total. The molecule has 1 aromatic rings. The molecule has 0 saturated heterocycles. The molecule has 0 heterocycles. The van der Waals surface area contributed by atoms with Crippen molar-refractivity contribution in [3.63, 3.8) is 0 Å². The Hall–Kier alpha value is -2.13. The van der Waals surface area contributed by atoms with Crippen molar-refractivity contribution in [2.75, 3.05) is 0 Å². The van der Waals surface area contributed by atoms with E-state index in [0.29, 0.717) is 5.56 Å². The van der Waals surface area contributed by atoms with Gasteiger partial charge in [0.25, 0.3) is 0 Å². The van der Waals surface area contributed by atoms with E-state index in [2.05, 4.69) is 0 Å². The van der Waals surface area contributed by atoms with Crippen LogP contribution >= 0.6 is 0 Å². The lowest BCUT2D eigenvalue weighted by atomic mass is 10.2. The normalized spacial score (nSPS) is 11.6. The van der Waals surface area contributed by atoms with E-state index in [9.17, 15) is 10.1 Å². The highest BCUT2D eigenvalue weighted by atomic mass is 16.6. The second kappa shape index (κ2) is 5.09. The predicted molar refractivity (Wildman–Crippen MR) is 56.7 cm³/mol. The van der Waals surface area contributed by atoms with Crippen LogP contribution in [0, 0.1) is 21.4 Å². The van der Waals surface area contributed by atoms with Crippen molar-refractivity contribution in [2.24, 2.45) is 5.73 Å². The van der Waals surface area contributed by atoms with Gasteiger partial charge in [-0.05, 0) is 18.6 Å². The van der Waals surface area contributed by atoms with E-state index < -0.39 is 11.0 Å². The third kappa shape index (κ3) is 2.68. The van der Waals surface area contributed by atoms with Crippen LogP contribution in [0.1, 0.15) is 12.5 Å². The average molecular weight is 221 g/mol. The summed E-state index contributed by atoms with van der Waals surface area (Å²) in [5.41, 5.74) is 5.85. The maximum absolute atomic E-state index is 10.8. The van der Waals surface area contributed by atoms with Crippen LogP contribution in [-0.2, 0) is 6.54 Å². The molecule has 0 aliphatic carbocycles. The summed E-state index contributed by atoms with van der Waals surface area (Å²) in [5.74, 6) is 0.0799. The topological polar surface area (TPSA) is 102 Å². The summed E-state index contributed by atoms with van der Waals surface area (Å²) in [6, 6.07) is 6.27. The van der Waals surface area contributed by atoms with Gasteiger partial charge >= 0.3 is 5.69 Å². The molecule has 1 unspecified atom stereocenters. The number of benzene rings is 1. The molecule has 84 valence electrons. The minimum absolute atomic E-state index is 0.0799. The molecule has 0 fully saturated rings. The number of nitrogens with two attached hydrogens (primary N) is 1. The standard InChI is InChI=1S/C10H11N3O3/c1-7(5-11)16-10-3-2-8(6-12)4-9(10)13(14)15/h2-4,7H,6,12H2,1H3. The molecule has 1 atom stereocenters. The summed E-state index contributed by atoms with van der Waals surface area (Å²) in [6.07, 6.45) is -0.734. The summed E-state index contributed by atoms with van der Waals surface area (Å²) >= 11 is 0. The minimum atomic E-state index is -0.734. The van der Waals surface area contributed by atoms with Crippen LogP contribution < -0.4 is 10.5 Å². The Labute approximate surface area is 92.4 Å². The lowest BCUT2D eigenvalue weighted by Gasteiger charge is -2.08. The van der Waals surface area contributed by atoms with E-state index in [1.54, 1.807) is 6.07 Å². The van der Waals surface area contributed by atoms with Gasteiger partial charge in [-0.15, -0.1) is 0 Å². The molecule has 1 aromatic carbocycles. The van der Waals surface area contributed by atoms with Crippen molar-refractivity contribution in [3.8, 4) is 11.8 Å². The summed E-state index contributed by atoms with van der Waals surface area (Å²) in [6.45, 7) is 1.73. The van der Waals surface area contributed by atoms with Gasteiger partial charge in [0.2, 0.25) is 0 Å². The van der Waals surface area contributed by atoms with Crippen LogP contribution in [0.3, 0.4) is 0 Å². The maximum atomic E-state index is 10.8. The van der Waals surface area contributed by atoms with Crippen molar-refractivity contribution in [1.82, 2.24) is 0 Å². The molecule has 0 amide bonds. The van der Waals surface area contributed by atoms with Gasteiger partial charge in [0.05, 0.1) is 4.92 Å². The number of nitro groups is 1. The van der Waals surface area contributed by atoms with Crippen LogP contribution in [0.5, 0.6) is 5.75 Å². The second-order valence-electron chi connectivity index (χ2n) is 3.15. The van der Waals surface area contributed by atoms with Gasteiger partial charge in [-0.25, -0.2) is 0 Å². The Balaban J connectivity index is 3.09. The van der Waals surface area contributed by atoms with Gasteiger partial charge in [-0.1, -0.05) is 6.07 Å². The van der Waals surface area contributed by atoms with E-state index in [1.807, 2.05) is 6.07 Å². The summed E-state index contributed by atoms with van der Waals surface area (Å²) in [5, 5.41) is 19.3. The van der Waals surface area contributed by atoms with Crippen LogP contribution in [-0.4, -0.2) is 11.0 Å². The predicted octanol–water partition coefficient (Wildman–Crippen LogP) is 1.34. The zero-order valence-electron chi connectivity index (χ0n) is 8.71. The van der Waals surface area contributed by atoms with Gasteiger partial charge in [0.15, 0.2) is 11.9 Å². The first kappa shape index (κ1) is 11.9. The molecule has 0 aliphatic heterocycles. The highest BCUT2D eigenvalue weighted by molar-refractivity contribution is 5.48. The summed E-state index contributed by atoms with van der Waals surface area (Å²) in [7, 11) is 0. The summed E-state index contributed by atoms with van der Waals surface area (Å²) in [4.78, 5) is 10.2. The molecule has 2 N–H and O–H groups in total. The Kier molecular flexibility index (Phi) is 3.80. The molecule has 0 bridgehead atoms. The number of hydrogen-bond donors (Lipinski definition) is 1. The zero-order chi connectivity index (χ0) is 12.1. The first-order valence-corrected chi connectivity index (χ1v) is 4.62. The number of nitrogens with zero attached hydrogens (tertiary/aromatic N) is 2. The van der Waals surface area contributed by atoms with Crippen molar-refractivity contribution >= 4 is 5.69 Å². The Morgan fingerprint density at radius 1 is 1.69 bits per heavy atom. The highest BCUT2D eigenvalue weighted by Gasteiger charge is 2.17. The van der Waals surface area contributed by atoms with Crippen LogP contribution in [0.15, 0.2) is 18.2 Å². The Morgan fingerprint density at radius 3 is 2.88 bits per heavy atom. The molecule has 6 heteroatoms. The molecule has 0 saturated carbocycles. The fourth-order valence-corrected chi connectivity index (χ4v) is 1.15. The van der Waals surface area contributed by atoms with Crippen LogP contribution in [0.25, 0.3) is 0 Å². The highest BCUT2D eigenvalue weighted by Crippen LogP contribution is 2.28. The van der Waals surface area contributed by atoms with Gasteiger partial charge < -0.3 is 10.5 Å².